The van der Waals surface area contributed by atoms with Crippen molar-refractivity contribution in [3.63, 3.8) is 0 Å². The first kappa shape index (κ1) is 21.0. The number of nitrogens with zero attached hydrogens (tertiary/aromatic N) is 1. The van der Waals surface area contributed by atoms with E-state index >= 15 is 0 Å². The molecule has 0 saturated heterocycles. The highest BCUT2D eigenvalue weighted by Crippen LogP contribution is 2.18. The van der Waals surface area contributed by atoms with Crippen LogP contribution in [0.15, 0.2) is 78.9 Å². The maximum Gasteiger partial charge on any atom is 0.319 e. The van der Waals surface area contributed by atoms with Crippen molar-refractivity contribution in [2.75, 3.05) is 23.3 Å². The van der Waals surface area contributed by atoms with Crippen LogP contribution in [0, 0.1) is 12.7 Å². The number of hydrogen-bond acceptors (Lipinski definition) is 2. The summed E-state index contributed by atoms with van der Waals surface area (Å²) in [6, 6.07) is 21.9. The maximum absolute atomic E-state index is 13.3. The Morgan fingerprint density at radius 3 is 2.23 bits per heavy atom. The summed E-state index contributed by atoms with van der Waals surface area (Å²) in [6.45, 7) is 2.75. The molecule has 0 radical (unpaired) electrons. The number of aryl methyl sites for hydroxylation is 1. The van der Waals surface area contributed by atoms with E-state index in [-0.39, 0.29) is 17.8 Å². The molecule has 0 aliphatic rings. The Labute approximate surface area is 175 Å². The number of benzene rings is 3. The predicted molar refractivity (Wildman–Crippen MR) is 117 cm³/mol. The number of rotatable bonds is 7. The van der Waals surface area contributed by atoms with E-state index in [1.54, 1.807) is 41.3 Å². The molecule has 3 aromatic rings. The number of amides is 3. The Morgan fingerprint density at radius 2 is 1.57 bits per heavy atom. The third-order valence-corrected chi connectivity index (χ3v) is 4.56. The number of carbonyl (C=O) groups excluding carboxylic acids is 2. The van der Waals surface area contributed by atoms with E-state index in [0.717, 1.165) is 5.56 Å². The lowest BCUT2D eigenvalue weighted by atomic mass is 10.1. The molecule has 5 nitrogen and oxygen atoms in total. The number of carbonyl (C=O) groups is 2. The van der Waals surface area contributed by atoms with Gasteiger partial charge >= 0.3 is 6.03 Å². The summed E-state index contributed by atoms with van der Waals surface area (Å²) >= 11 is 0. The summed E-state index contributed by atoms with van der Waals surface area (Å²) in [7, 11) is 0. The highest BCUT2D eigenvalue weighted by molar-refractivity contribution is 6.06. The van der Waals surface area contributed by atoms with Crippen LogP contribution in [0.5, 0.6) is 0 Å². The molecule has 0 atom stereocenters. The summed E-state index contributed by atoms with van der Waals surface area (Å²) in [5.74, 6) is -0.536. The maximum atomic E-state index is 13.3. The lowest BCUT2D eigenvalue weighted by Crippen LogP contribution is -2.35. The molecule has 0 aromatic heterocycles. The first-order chi connectivity index (χ1) is 14.5. The van der Waals surface area contributed by atoms with Crippen LogP contribution < -0.4 is 15.5 Å². The van der Waals surface area contributed by atoms with Crippen LogP contribution in [0.4, 0.5) is 20.6 Å². The van der Waals surface area contributed by atoms with Gasteiger partial charge in [-0.3, -0.25) is 4.79 Å². The van der Waals surface area contributed by atoms with Crippen LogP contribution in [0.3, 0.4) is 0 Å². The summed E-state index contributed by atoms with van der Waals surface area (Å²) in [6.07, 6.45) is 0.539. The molecule has 154 valence electrons. The highest BCUT2D eigenvalue weighted by Gasteiger charge is 2.17. The standard InChI is InChI=1S/C24H24FN3O2/c1-18-8-12-21(13-9-18)27-24(30)26-16-5-17-28(22-14-10-20(25)11-15-22)23(29)19-6-3-2-4-7-19/h2-4,6-15H,5,16-17H2,1H3,(H2,26,27,30). The fourth-order valence-corrected chi connectivity index (χ4v) is 2.96. The van der Waals surface area contributed by atoms with Crippen molar-refractivity contribution in [3.05, 3.63) is 95.8 Å². The van der Waals surface area contributed by atoms with Crippen LogP contribution >= 0.6 is 0 Å². The summed E-state index contributed by atoms with van der Waals surface area (Å²) < 4.78 is 13.3. The van der Waals surface area contributed by atoms with Crippen LogP contribution in [0.1, 0.15) is 22.3 Å². The summed E-state index contributed by atoms with van der Waals surface area (Å²) in [5.41, 5.74) is 2.98. The number of halogens is 1. The van der Waals surface area contributed by atoms with Crippen molar-refractivity contribution in [3.8, 4) is 0 Å². The number of urea groups is 1. The Morgan fingerprint density at radius 1 is 0.900 bits per heavy atom. The average molecular weight is 405 g/mol. The van der Waals surface area contributed by atoms with E-state index in [2.05, 4.69) is 10.6 Å². The second-order valence-electron chi connectivity index (χ2n) is 6.90. The van der Waals surface area contributed by atoms with Gasteiger partial charge in [-0.2, -0.15) is 0 Å². The second-order valence-corrected chi connectivity index (χ2v) is 6.90. The first-order valence-electron chi connectivity index (χ1n) is 9.77. The van der Waals surface area contributed by atoms with Crippen molar-refractivity contribution in [2.45, 2.75) is 13.3 Å². The zero-order valence-corrected chi connectivity index (χ0v) is 16.8. The minimum atomic E-state index is -0.361. The van der Waals surface area contributed by atoms with Crippen molar-refractivity contribution < 1.29 is 14.0 Å². The van der Waals surface area contributed by atoms with Crippen LogP contribution in [-0.4, -0.2) is 25.0 Å². The lowest BCUT2D eigenvalue weighted by molar-refractivity contribution is 0.0986. The molecule has 0 unspecified atom stereocenters. The van der Waals surface area contributed by atoms with Crippen molar-refractivity contribution >= 4 is 23.3 Å². The Balaban J connectivity index is 1.58. The third kappa shape index (κ3) is 5.91. The number of anilines is 2. The molecule has 3 amide bonds. The van der Waals surface area contributed by atoms with E-state index in [1.807, 2.05) is 37.3 Å². The molecule has 0 heterocycles. The van der Waals surface area contributed by atoms with Gasteiger partial charge in [-0.25, -0.2) is 9.18 Å². The van der Waals surface area contributed by atoms with Crippen LogP contribution in [0.2, 0.25) is 0 Å². The van der Waals surface area contributed by atoms with Gasteiger partial charge < -0.3 is 15.5 Å². The van der Waals surface area contributed by atoms with Crippen molar-refractivity contribution in [1.82, 2.24) is 5.32 Å². The fourth-order valence-electron chi connectivity index (χ4n) is 2.96. The number of nitrogens with one attached hydrogen (secondary N) is 2. The number of hydrogen-bond donors (Lipinski definition) is 2. The minimum Gasteiger partial charge on any atom is -0.338 e. The predicted octanol–water partition coefficient (Wildman–Crippen LogP) is 4.99. The molecule has 0 fully saturated rings. The quantitative estimate of drug-likeness (QED) is 0.544. The molecule has 30 heavy (non-hydrogen) atoms. The molecule has 0 saturated carbocycles. The average Bonchev–Trinajstić information content (AvgIpc) is 2.76. The molecule has 0 aliphatic heterocycles. The normalized spacial score (nSPS) is 10.3. The van der Waals surface area contributed by atoms with Crippen LogP contribution in [-0.2, 0) is 0 Å². The smallest absolute Gasteiger partial charge is 0.319 e. The molecule has 0 spiro atoms. The Hall–Kier alpha value is -3.67. The van der Waals surface area contributed by atoms with Gasteiger partial charge in [-0.05, 0) is 61.9 Å². The zero-order valence-electron chi connectivity index (χ0n) is 16.8. The lowest BCUT2D eigenvalue weighted by Gasteiger charge is -2.23. The molecule has 6 heteroatoms. The van der Waals surface area contributed by atoms with E-state index in [0.29, 0.717) is 36.4 Å². The van der Waals surface area contributed by atoms with Gasteiger partial charge in [0.15, 0.2) is 0 Å². The van der Waals surface area contributed by atoms with Gasteiger partial charge in [0.2, 0.25) is 0 Å². The van der Waals surface area contributed by atoms with Crippen LogP contribution in [0.25, 0.3) is 0 Å². The molecule has 3 aromatic carbocycles. The third-order valence-electron chi connectivity index (χ3n) is 4.56. The van der Waals surface area contributed by atoms with E-state index in [9.17, 15) is 14.0 Å². The van der Waals surface area contributed by atoms with Gasteiger partial charge in [-0.15, -0.1) is 0 Å². The summed E-state index contributed by atoms with van der Waals surface area (Å²) in [4.78, 5) is 26.6. The fraction of sp³-hybridized carbons (Fsp3) is 0.167. The molecule has 3 rings (SSSR count). The largest absolute Gasteiger partial charge is 0.338 e. The Bertz CT molecular complexity index is 974. The monoisotopic (exact) mass is 405 g/mol. The molecule has 0 bridgehead atoms. The molecular weight excluding hydrogens is 381 g/mol. The van der Waals surface area contributed by atoms with Gasteiger partial charge in [-0.1, -0.05) is 35.9 Å². The van der Waals surface area contributed by atoms with Gasteiger partial charge in [0.05, 0.1) is 0 Å². The second kappa shape index (κ2) is 10.2. The van der Waals surface area contributed by atoms with Crippen molar-refractivity contribution in [2.24, 2.45) is 0 Å². The minimum absolute atomic E-state index is 0.175. The van der Waals surface area contributed by atoms with E-state index < -0.39 is 0 Å². The van der Waals surface area contributed by atoms with Gasteiger partial charge in [0, 0.05) is 30.0 Å². The zero-order chi connectivity index (χ0) is 21.3. The van der Waals surface area contributed by atoms with E-state index in [1.165, 1.54) is 12.1 Å². The van der Waals surface area contributed by atoms with Gasteiger partial charge in [0.1, 0.15) is 5.82 Å². The summed E-state index contributed by atoms with van der Waals surface area (Å²) in [5, 5.41) is 5.56. The Kier molecular flexibility index (Phi) is 7.16. The first-order valence-corrected chi connectivity index (χ1v) is 9.77. The van der Waals surface area contributed by atoms with E-state index in [4.69, 9.17) is 0 Å². The topological polar surface area (TPSA) is 61.4 Å². The highest BCUT2D eigenvalue weighted by atomic mass is 19.1. The van der Waals surface area contributed by atoms with Gasteiger partial charge in [0.25, 0.3) is 5.91 Å². The SMILES string of the molecule is Cc1ccc(NC(=O)NCCCN(C(=O)c2ccccc2)c2ccc(F)cc2)cc1. The van der Waals surface area contributed by atoms with Crippen molar-refractivity contribution in [1.29, 1.82) is 0 Å². The molecular formula is C24H24FN3O2. The molecule has 2 N–H and O–H groups in total. The molecule has 0 aliphatic carbocycles.